The van der Waals surface area contributed by atoms with Gasteiger partial charge in [-0.15, -0.1) is 0 Å². The molecule has 0 bridgehead atoms. The number of amides is 1. The van der Waals surface area contributed by atoms with Crippen LogP contribution in [-0.2, 0) is 6.61 Å². The second-order valence-electron chi connectivity index (χ2n) is 5.12. The zero-order valence-corrected chi connectivity index (χ0v) is 12.9. The van der Waals surface area contributed by atoms with E-state index in [1.54, 1.807) is 24.3 Å². The predicted molar refractivity (Wildman–Crippen MR) is 85.8 cm³/mol. The van der Waals surface area contributed by atoms with Crippen molar-refractivity contribution in [1.82, 2.24) is 15.4 Å². The highest BCUT2D eigenvalue weighted by Crippen LogP contribution is 2.23. The van der Waals surface area contributed by atoms with Crippen LogP contribution in [0.5, 0.6) is 5.75 Å². The average Bonchev–Trinajstić information content (AvgIpc) is 3.11. The minimum absolute atomic E-state index is 0.0212. The van der Waals surface area contributed by atoms with Gasteiger partial charge in [0.05, 0.1) is 11.6 Å². The first-order chi connectivity index (χ1) is 12.1. The van der Waals surface area contributed by atoms with Gasteiger partial charge in [0.25, 0.3) is 5.91 Å². The lowest BCUT2D eigenvalue weighted by atomic mass is 10.1. The van der Waals surface area contributed by atoms with Gasteiger partial charge >= 0.3 is 0 Å². The summed E-state index contributed by atoms with van der Waals surface area (Å²) in [6.07, 6.45) is 0. The number of nitrogens with zero attached hydrogens (tertiary/aromatic N) is 3. The fourth-order valence-corrected chi connectivity index (χ4v) is 2.21. The summed E-state index contributed by atoms with van der Waals surface area (Å²) < 4.78 is 19.4. The van der Waals surface area contributed by atoms with Gasteiger partial charge in [-0.2, -0.15) is 20.7 Å². The van der Waals surface area contributed by atoms with E-state index in [9.17, 15) is 9.18 Å². The molecule has 25 heavy (non-hydrogen) atoms. The molecule has 0 saturated heterocycles. The molecule has 3 aromatic rings. The van der Waals surface area contributed by atoms with Crippen LogP contribution in [0.25, 0.3) is 11.3 Å². The molecule has 0 spiro atoms. The largest absolute Gasteiger partial charge is 0.489 e. The maximum absolute atomic E-state index is 13.8. The Balaban J connectivity index is 1.72. The van der Waals surface area contributed by atoms with E-state index >= 15 is 0 Å². The summed E-state index contributed by atoms with van der Waals surface area (Å²) in [7, 11) is 0. The van der Waals surface area contributed by atoms with E-state index in [-0.39, 0.29) is 17.9 Å². The summed E-state index contributed by atoms with van der Waals surface area (Å²) >= 11 is 0. The number of nitriles is 1. The lowest BCUT2D eigenvalue weighted by Gasteiger charge is -2.08. The highest BCUT2D eigenvalue weighted by Gasteiger charge is 2.15. The third-order valence-corrected chi connectivity index (χ3v) is 3.49. The molecule has 0 aliphatic carbocycles. The number of aromatic amines is 1. The van der Waals surface area contributed by atoms with Crippen LogP contribution in [0.4, 0.5) is 4.39 Å². The molecule has 0 saturated carbocycles. The van der Waals surface area contributed by atoms with Crippen LogP contribution in [0.2, 0.25) is 0 Å². The molecule has 1 heterocycles. The quantitative estimate of drug-likeness (QED) is 0.739. The molecule has 1 amide bonds. The number of primary amides is 1. The maximum atomic E-state index is 13.8. The van der Waals surface area contributed by atoms with Crippen LogP contribution in [0.3, 0.4) is 0 Å². The normalized spacial score (nSPS) is 10.2. The van der Waals surface area contributed by atoms with Gasteiger partial charge in [-0.25, -0.2) is 4.39 Å². The van der Waals surface area contributed by atoms with Crippen molar-refractivity contribution in [3.63, 3.8) is 0 Å². The Morgan fingerprint density at radius 2 is 2.00 bits per heavy atom. The highest BCUT2D eigenvalue weighted by atomic mass is 19.1. The minimum Gasteiger partial charge on any atom is -0.489 e. The Kier molecular flexibility index (Phi) is 4.39. The van der Waals surface area contributed by atoms with Gasteiger partial charge < -0.3 is 10.5 Å². The zero-order valence-electron chi connectivity index (χ0n) is 12.9. The average molecular weight is 337 g/mol. The molecule has 7 nitrogen and oxygen atoms in total. The van der Waals surface area contributed by atoms with Crippen LogP contribution in [0.15, 0.2) is 42.5 Å². The van der Waals surface area contributed by atoms with E-state index in [1.165, 1.54) is 12.1 Å². The standard InChI is InChI=1S/C17H12FN5O2/c18-14-7-10(8-19)1-2-12(14)9-25-13-5-3-11(4-6-13)15-16(17(20)24)22-23-21-15/h1-7H,9H2,(H2,20,24)(H,21,22,23). The van der Waals surface area contributed by atoms with E-state index in [0.29, 0.717) is 22.6 Å². The van der Waals surface area contributed by atoms with E-state index in [0.717, 1.165) is 6.07 Å². The first kappa shape index (κ1) is 16.1. The molecule has 0 unspecified atom stereocenters. The second kappa shape index (κ2) is 6.80. The Hall–Kier alpha value is -3.73. The molecular formula is C17H12FN5O2. The number of carbonyl (C=O) groups is 1. The van der Waals surface area contributed by atoms with Crippen LogP contribution < -0.4 is 10.5 Å². The summed E-state index contributed by atoms with van der Waals surface area (Å²) in [5.74, 6) is -0.665. The predicted octanol–water partition coefficient (Wildman–Crippen LogP) is 2.16. The summed E-state index contributed by atoms with van der Waals surface area (Å²) in [5.41, 5.74) is 6.86. The third-order valence-electron chi connectivity index (χ3n) is 3.49. The number of nitrogens with one attached hydrogen (secondary N) is 1. The van der Waals surface area contributed by atoms with Gasteiger partial charge in [0.15, 0.2) is 5.69 Å². The number of H-pyrrole nitrogens is 1. The second-order valence-corrected chi connectivity index (χ2v) is 5.12. The fraction of sp³-hybridized carbons (Fsp3) is 0.0588. The van der Waals surface area contributed by atoms with Gasteiger partial charge in [0.1, 0.15) is 23.9 Å². The maximum Gasteiger partial charge on any atom is 0.271 e. The van der Waals surface area contributed by atoms with Crippen molar-refractivity contribution in [2.45, 2.75) is 6.61 Å². The van der Waals surface area contributed by atoms with Crippen molar-refractivity contribution in [3.05, 3.63) is 65.1 Å². The fourth-order valence-electron chi connectivity index (χ4n) is 2.21. The van der Waals surface area contributed by atoms with Gasteiger partial charge in [-0.1, -0.05) is 6.07 Å². The van der Waals surface area contributed by atoms with Crippen LogP contribution in [0.1, 0.15) is 21.6 Å². The minimum atomic E-state index is -0.680. The molecule has 0 radical (unpaired) electrons. The number of benzene rings is 2. The summed E-state index contributed by atoms with van der Waals surface area (Å²) in [5, 5.41) is 18.7. The molecule has 0 atom stereocenters. The van der Waals surface area contributed by atoms with Crippen molar-refractivity contribution in [2.24, 2.45) is 5.73 Å². The molecule has 1 aromatic heterocycles. The van der Waals surface area contributed by atoms with E-state index < -0.39 is 11.7 Å². The molecule has 3 N–H and O–H groups in total. The molecule has 0 aliphatic rings. The molecule has 0 fully saturated rings. The lowest BCUT2D eigenvalue weighted by Crippen LogP contribution is -2.12. The zero-order chi connectivity index (χ0) is 17.8. The van der Waals surface area contributed by atoms with Crippen molar-refractivity contribution >= 4 is 5.91 Å². The van der Waals surface area contributed by atoms with Crippen molar-refractivity contribution in [1.29, 1.82) is 5.26 Å². The molecule has 124 valence electrons. The van der Waals surface area contributed by atoms with Crippen molar-refractivity contribution in [3.8, 4) is 23.1 Å². The highest BCUT2D eigenvalue weighted by molar-refractivity contribution is 5.96. The summed E-state index contributed by atoms with van der Waals surface area (Å²) in [6, 6.07) is 12.8. The summed E-state index contributed by atoms with van der Waals surface area (Å²) in [6.45, 7) is 0.0212. The monoisotopic (exact) mass is 337 g/mol. The first-order valence-corrected chi connectivity index (χ1v) is 7.21. The number of ether oxygens (including phenoxy) is 1. The van der Waals surface area contributed by atoms with Gasteiger partial charge in [0.2, 0.25) is 0 Å². The van der Waals surface area contributed by atoms with Gasteiger partial charge in [0, 0.05) is 11.1 Å². The number of halogens is 1. The lowest BCUT2D eigenvalue weighted by molar-refractivity contribution is 0.0996. The number of nitrogens with two attached hydrogens (primary N) is 1. The van der Waals surface area contributed by atoms with Crippen molar-refractivity contribution in [2.75, 3.05) is 0 Å². The van der Waals surface area contributed by atoms with E-state index in [2.05, 4.69) is 15.4 Å². The smallest absolute Gasteiger partial charge is 0.271 e. The molecule has 3 rings (SSSR count). The Morgan fingerprint density at radius 1 is 1.24 bits per heavy atom. The summed E-state index contributed by atoms with van der Waals surface area (Å²) in [4.78, 5) is 11.3. The molecule has 8 heteroatoms. The van der Waals surface area contributed by atoms with E-state index in [4.69, 9.17) is 15.7 Å². The van der Waals surface area contributed by atoms with Crippen LogP contribution >= 0.6 is 0 Å². The Morgan fingerprint density at radius 3 is 2.64 bits per heavy atom. The molecule has 2 aromatic carbocycles. The topological polar surface area (TPSA) is 118 Å². The Bertz CT molecular complexity index is 960. The third kappa shape index (κ3) is 3.45. The Labute approximate surface area is 141 Å². The van der Waals surface area contributed by atoms with Crippen molar-refractivity contribution < 1.29 is 13.9 Å². The van der Waals surface area contributed by atoms with Crippen LogP contribution in [-0.4, -0.2) is 21.3 Å². The van der Waals surface area contributed by atoms with Gasteiger partial charge in [-0.05, 0) is 36.4 Å². The molecular weight excluding hydrogens is 325 g/mol. The number of carbonyl (C=O) groups excluding carboxylic acids is 1. The number of hydrogen-bond acceptors (Lipinski definition) is 5. The first-order valence-electron chi connectivity index (χ1n) is 7.21. The van der Waals surface area contributed by atoms with E-state index in [1.807, 2.05) is 6.07 Å². The SMILES string of the molecule is N#Cc1ccc(COc2ccc(-c3n[nH]nc3C(N)=O)cc2)c(F)c1. The van der Waals surface area contributed by atoms with Gasteiger partial charge in [-0.3, -0.25) is 4.79 Å². The molecule has 0 aliphatic heterocycles. The number of aromatic nitrogens is 3. The van der Waals surface area contributed by atoms with Crippen LogP contribution in [0, 0.1) is 17.1 Å². The number of hydrogen-bond donors (Lipinski definition) is 2. The number of rotatable bonds is 5.